The van der Waals surface area contributed by atoms with E-state index in [2.05, 4.69) is 31.5 Å². The van der Waals surface area contributed by atoms with Crippen molar-refractivity contribution in [2.75, 3.05) is 26.9 Å². The second-order valence-corrected chi connectivity index (χ2v) is 18.1. The number of hydrogen-bond acceptors (Lipinski definition) is 6. The summed E-state index contributed by atoms with van der Waals surface area (Å²) in [4.78, 5) is 17.5. The molecule has 0 bridgehead atoms. The molecule has 0 spiro atoms. The topological polar surface area (TPSA) is 83.8 Å². The van der Waals surface area contributed by atoms with Crippen LogP contribution in [-0.2, 0) is 25.7 Å². The largest absolute Gasteiger partial charge is 0.444 e. The minimum absolute atomic E-state index is 0.0751. The zero-order valence-corrected chi connectivity index (χ0v) is 26.1. The maximum Gasteiger partial charge on any atom is 0.416 e. The number of alkyl halides is 3. The lowest BCUT2D eigenvalue weighted by Gasteiger charge is -2.30. The van der Waals surface area contributed by atoms with E-state index in [4.69, 9.17) is 23.9 Å². The molecule has 1 heterocycles. The third-order valence-corrected chi connectivity index (χ3v) is 7.72. The Morgan fingerprint density at radius 3 is 2.35 bits per heavy atom. The van der Waals surface area contributed by atoms with Gasteiger partial charge in [-0.2, -0.15) is 13.2 Å². The number of fused-ring (bicyclic) bond motifs is 1. The van der Waals surface area contributed by atoms with Gasteiger partial charge in [0.15, 0.2) is 5.60 Å². The summed E-state index contributed by atoms with van der Waals surface area (Å²) in [6, 6.07) is 5.36. The molecular formula is C28H44F3N3O5Si. The van der Waals surface area contributed by atoms with Crippen molar-refractivity contribution in [3.05, 3.63) is 36.2 Å². The Morgan fingerprint density at radius 1 is 1.15 bits per heavy atom. The smallest absolute Gasteiger partial charge is 0.416 e. The highest BCUT2D eigenvalue weighted by molar-refractivity contribution is 6.76. The van der Waals surface area contributed by atoms with Gasteiger partial charge >= 0.3 is 12.3 Å². The zero-order valence-electron chi connectivity index (χ0n) is 25.1. The molecule has 0 saturated carbocycles. The van der Waals surface area contributed by atoms with E-state index in [0.717, 1.165) is 31.0 Å². The van der Waals surface area contributed by atoms with Gasteiger partial charge in [0.2, 0.25) is 0 Å². The van der Waals surface area contributed by atoms with Crippen molar-refractivity contribution in [2.24, 2.45) is 0 Å². The van der Waals surface area contributed by atoms with E-state index in [-0.39, 0.29) is 12.6 Å². The molecule has 12 heteroatoms. The minimum Gasteiger partial charge on any atom is -0.444 e. The Kier molecular flexibility index (Phi) is 11.0. The first-order valence-electron chi connectivity index (χ1n) is 13.2. The first kappa shape index (κ1) is 33.8. The predicted octanol–water partition coefficient (Wildman–Crippen LogP) is 6.93. The van der Waals surface area contributed by atoms with E-state index in [1.807, 2.05) is 12.1 Å². The summed E-state index contributed by atoms with van der Waals surface area (Å²) >= 11 is 0. The highest BCUT2D eigenvalue weighted by Gasteiger charge is 2.49. The van der Waals surface area contributed by atoms with Crippen molar-refractivity contribution in [1.82, 2.24) is 14.9 Å². The van der Waals surface area contributed by atoms with Crippen LogP contribution in [0.3, 0.4) is 0 Å². The second-order valence-electron chi connectivity index (χ2n) is 12.5. The van der Waals surface area contributed by atoms with Crippen molar-refractivity contribution >= 4 is 30.8 Å². The van der Waals surface area contributed by atoms with Crippen molar-refractivity contribution in [3.8, 4) is 0 Å². The number of alkyl carbamates (subject to hydrolysis) is 1. The Labute approximate surface area is 236 Å². The summed E-state index contributed by atoms with van der Waals surface area (Å²) in [5.74, 6) is 0.279. The molecule has 1 N–H and O–H groups in total. The van der Waals surface area contributed by atoms with Crippen LogP contribution in [0.1, 0.15) is 52.0 Å². The normalized spacial score (nSPS) is 13.9. The molecule has 0 aliphatic heterocycles. The first-order chi connectivity index (χ1) is 18.2. The van der Waals surface area contributed by atoms with Crippen LogP contribution in [0.5, 0.6) is 0 Å². The highest BCUT2D eigenvalue weighted by Crippen LogP contribution is 2.34. The Bertz CT molecular complexity index is 1170. The standard InChI is InChI=1S/C28H44F3N3O5Si/c1-19(16-36-7)20-11-12-21-23(15-20)34(18-37-13-14-40(8,9)10)24(32-21)22(33-25(35)39-26(2,3)4)17-38-27(5,6)28(29,30)31/h11-12,15,22H,1,13-14,16-18H2,2-10H3,(H,33,35)/t22-/m0/s1. The van der Waals surface area contributed by atoms with Gasteiger partial charge in [0.25, 0.3) is 0 Å². The van der Waals surface area contributed by atoms with Crippen LogP contribution in [0.25, 0.3) is 16.6 Å². The molecule has 2 aromatic rings. The molecule has 0 saturated heterocycles. The number of nitrogens with one attached hydrogen (secondary N) is 1. The average molecular weight is 588 g/mol. The van der Waals surface area contributed by atoms with Crippen molar-refractivity contribution in [3.63, 3.8) is 0 Å². The Hall–Kier alpha value is -2.41. The molecule has 0 fully saturated rings. The summed E-state index contributed by atoms with van der Waals surface area (Å²) in [5, 5.41) is 2.66. The average Bonchev–Trinajstić information content (AvgIpc) is 3.14. The third-order valence-electron chi connectivity index (χ3n) is 6.02. The van der Waals surface area contributed by atoms with Crippen LogP contribution in [0.4, 0.5) is 18.0 Å². The lowest BCUT2D eigenvalue weighted by molar-refractivity contribution is -0.265. The summed E-state index contributed by atoms with van der Waals surface area (Å²) in [5.41, 5.74) is -0.478. The number of imidazole rings is 1. The van der Waals surface area contributed by atoms with E-state index in [9.17, 15) is 18.0 Å². The summed E-state index contributed by atoms with van der Waals surface area (Å²) in [7, 11) is 0.204. The molecular weight excluding hydrogens is 543 g/mol. The van der Waals surface area contributed by atoms with Gasteiger partial charge < -0.3 is 28.8 Å². The molecule has 226 valence electrons. The fourth-order valence-electron chi connectivity index (χ4n) is 3.56. The van der Waals surface area contributed by atoms with Crippen LogP contribution in [-0.4, -0.2) is 68.0 Å². The lowest BCUT2D eigenvalue weighted by Crippen LogP contribution is -2.45. The number of carbonyl (C=O) groups excluding carboxylic acids is 1. The summed E-state index contributed by atoms with van der Waals surface area (Å²) in [6.07, 6.45) is -5.43. The van der Waals surface area contributed by atoms with Gasteiger partial charge in [0.1, 0.15) is 24.2 Å². The van der Waals surface area contributed by atoms with Crippen molar-refractivity contribution < 1.29 is 36.9 Å². The predicted molar refractivity (Wildman–Crippen MR) is 153 cm³/mol. The van der Waals surface area contributed by atoms with Gasteiger partial charge in [0.05, 0.1) is 24.2 Å². The van der Waals surface area contributed by atoms with Crippen LogP contribution < -0.4 is 5.32 Å². The number of ether oxygens (including phenoxy) is 4. The maximum atomic E-state index is 13.6. The molecule has 1 amide bonds. The fourth-order valence-corrected chi connectivity index (χ4v) is 4.32. The SMILES string of the molecule is C=C(COC)c1ccc2nc([C@H](COC(C)(C)C(F)(F)F)NC(=O)OC(C)(C)C)n(COCC[Si](C)(C)C)c2c1. The number of hydrogen-bond donors (Lipinski definition) is 1. The van der Waals surface area contributed by atoms with Gasteiger partial charge in [-0.3, -0.25) is 0 Å². The molecule has 0 radical (unpaired) electrons. The van der Waals surface area contributed by atoms with E-state index < -0.39 is 44.2 Å². The van der Waals surface area contributed by atoms with Crippen LogP contribution >= 0.6 is 0 Å². The first-order valence-corrected chi connectivity index (χ1v) is 16.9. The van der Waals surface area contributed by atoms with E-state index >= 15 is 0 Å². The number of carbonyl (C=O) groups is 1. The van der Waals surface area contributed by atoms with Crippen molar-refractivity contribution in [1.29, 1.82) is 0 Å². The van der Waals surface area contributed by atoms with Crippen LogP contribution in [0, 0.1) is 0 Å². The summed E-state index contributed by atoms with van der Waals surface area (Å²) < 4.78 is 64.6. The third kappa shape index (κ3) is 9.90. The van der Waals surface area contributed by atoms with Crippen LogP contribution in [0.15, 0.2) is 24.8 Å². The fraction of sp³-hybridized carbons (Fsp3) is 0.643. The zero-order chi connectivity index (χ0) is 30.5. The number of methoxy groups -OCH3 is 1. The highest BCUT2D eigenvalue weighted by atomic mass is 28.3. The molecule has 40 heavy (non-hydrogen) atoms. The van der Waals surface area contributed by atoms with E-state index in [1.54, 1.807) is 38.5 Å². The van der Waals surface area contributed by atoms with Gasteiger partial charge in [-0.05, 0) is 63.9 Å². The van der Waals surface area contributed by atoms with E-state index in [1.165, 1.54) is 0 Å². The summed E-state index contributed by atoms with van der Waals surface area (Å²) in [6.45, 7) is 18.1. The molecule has 0 aliphatic carbocycles. The number of nitrogens with zero attached hydrogens (tertiary/aromatic N) is 2. The Balaban J connectivity index is 2.57. The van der Waals surface area contributed by atoms with Crippen LogP contribution in [0.2, 0.25) is 25.7 Å². The van der Waals surface area contributed by atoms with Gasteiger partial charge in [-0.25, -0.2) is 9.78 Å². The number of aromatic nitrogens is 2. The van der Waals surface area contributed by atoms with Crippen molar-refractivity contribution in [2.45, 2.75) is 90.5 Å². The monoisotopic (exact) mass is 587 g/mol. The number of benzene rings is 1. The Morgan fingerprint density at radius 2 is 1.80 bits per heavy atom. The molecule has 0 unspecified atom stereocenters. The van der Waals surface area contributed by atoms with Gasteiger partial charge in [0, 0.05) is 21.8 Å². The lowest BCUT2D eigenvalue weighted by atomic mass is 10.1. The maximum absolute atomic E-state index is 13.6. The quantitative estimate of drug-likeness (QED) is 0.202. The second kappa shape index (κ2) is 13.0. The van der Waals surface area contributed by atoms with Gasteiger partial charge in [-0.1, -0.05) is 32.3 Å². The van der Waals surface area contributed by atoms with Gasteiger partial charge in [-0.15, -0.1) is 0 Å². The molecule has 2 rings (SSSR count). The number of rotatable bonds is 13. The molecule has 1 atom stereocenters. The molecule has 1 aromatic heterocycles. The molecule has 1 aromatic carbocycles. The molecule has 8 nitrogen and oxygen atoms in total. The van der Waals surface area contributed by atoms with E-state index in [0.29, 0.717) is 24.2 Å². The number of amides is 1. The molecule has 0 aliphatic rings. The number of halogens is 3. The minimum atomic E-state index is -4.62.